The SMILES string of the molecule is Cc1cc(C(c2cc(C)cc(C(C)(C)C)c2O)c2nc[nH]c2C)c(O)c(C(C)(C)C)c1. The number of aryl methyl sites for hydroxylation is 3. The molecule has 3 N–H and O–H groups in total. The highest BCUT2D eigenvalue weighted by molar-refractivity contribution is 5.59. The molecule has 0 amide bonds. The average molecular weight is 421 g/mol. The molecule has 166 valence electrons. The second kappa shape index (κ2) is 7.74. The van der Waals surface area contributed by atoms with E-state index >= 15 is 0 Å². The summed E-state index contributed by atoms with van der Waals surface area (Å²) in [4.78, 5) is 7.79. The zero-order valence-electron chi connectivity index (χ0n) is 20.3. The average Bonchev–Trinajstić information content (AvgIpc) is 3.04. The first-order valence-electron chi connectivity index (χ1n) is 10.9. The highest BCUT2D eigenvalue weighted by Gasteiger charge is 2.32. The van der Waals surface area contributed by atoms with Gasteiger partial charge in [-0.1, -0.05) is 76.9 Å². The molecule has 0 aliphatic carbocycles. The topological polar surface area (TPSA) is 69.1 Å². The van der Waals surface area contributed by atoms with E-state index in [1.165, 1.54) is 0 Å². The molecule has 0 aliphatic rings. The van der Waals surface area contributed by atoms with Crippen LogP contribution in [0.5, 0.6) is 11.5 Å². The Balaban J connectivity index is 2.42. The van der Waals surface area contributed by atoms with Crippen molar-refractivity contribution in [3.05, 3.63) is 75.4 Å². The van der Waals surface area contributed by atoms with E-state index in [-0.39, 0.29) is 22.3 Å². The van der Waals surface area contributed by atoms with Gasteiger partial charge in [0.25, 0.3) is 0 Å². The molecule has 0 aliphatic heterocycles. The summed E-state index contributed by atoms with van der Waals surface area (Å²) < 4.78 is 0. The summed E-state index contributed by atoms with van der Waals surface area (Å²) in [6.07, 6.45) is 1.67. The number of aromatic amines is 1. The van der Waals surface area contributed by atoms with E-state index in [1.807, 2.05) is 45.0 Å². The molecule has 4 heteroatoms. The van der Waals surface area contributed by atoms with Crippen LogP contribution in [0.25, 0.3) is 0 Å². The maximum atomic E-state index is 11.4. The molecule has 2 aromatic carbocycles. The number of nitrogens with one attached hydrogen (secondary N) is 1. The molecule has 1 aromatic heterocycles. The minimum atomic E-state index is -0.395. The highest BCUT2D eigenvalue weighted by Crippen LogP contribution is 2.47. The monoisotopic (exact) mass is 420 g/mol. The molecule has 3 rings (SSSR count). The number of benzene rings is 2. The number of nitrogens with zero attached hydrogens (tertiary/aromatic N) is 1. The van der Waals surface area contributed by atoms with Gasteiger partial charge in [-0.2, -0.15) is 0 Å². The van der Waals surface area contributed by atoms with Crippen molar-refractivity contribution in [2.24, 2.45) is 0 Å². The van der Waals surface area contributed by atoms with Gasteiger partial charge in [0, 0.05) is 16.8 Å². The fraction of sp³-hybridized carbons (Fsp3) is 0.444. The van der Waals surface area contributed by atoms with Gasteiger partial charge >= 0.3 is 0 Å². The number of imidazole rings is 1. The van der Waals surface area contributed by atoms with Gasteiger partial charge in [-0.3, -0.25) is 0 Å². The molecule has 0 saturated heterocycles. The van der Waals surface area contributed by atoms with Crippen molar-refractivity contribution >= 4 is 0 Å². The van der Waals surface area contributed by atoms with Crippen molar-refractivity contribution < 1.29 is 10.2 Å². The smallest absolute Gasteiger partial charge is 0.123 e. The van der Waals surface area contributed by atoms with Crippen molar-refractivity contribution in [2.45, 2.75) is 79.1 Å². The van der Waals surface area contributed by atoms with E-state index < -0.39 is 5.92 Å². The Kier molecular flexibility index (Phi) is 5.72. The summed E-state index contributed by atoms with van der Waals surface area (Å²) in [6, 6.07) is 8.12. The first kappa shape index (κ1) is 22.9. The minimum absolute atomic E-state index is 0.221. The Labute approximate surface area is 186 Å². The zero-order chi connectivity index (χ0) is 23.3. The van der Waals surface area contributed by atoms with E-state index in [1.54, 1.807) is 6.33 Å². The summed E-state index contributed by atoms with van der Waals surface area (Å²) in [7, 11) is 0. The van der Waals surface area contributed by atoms with E-state index in [0.29, 0.717) is 0 Å². The Morgan fingerprint density at radius 1 is 0.742 bits per heavy atom. The van der Waals surface area contributed by atoms with Gasteiger partial charge in [0.05, 0.1) is 17.9 Å². The van der Waals surface area contributed by atoms with Crippen molar-refractivity contribution in [2.75, 3.05) is 0 Å². The molecule has 0 spiro atoms. The van der Waals surface area contributed by atoms with Crippen LogP contribution < -0.4 is 0 Å². The number of aromatic nitrogens is 2. The number of hydrogen-bond acceptors (Lipinski definition) is 3. The number of hydrogen-bond donors (Lipinski definition) is 3. The van der Waals surface area contributed by atoms with Gasteiger partial charge < -0.3 is 15.2 Å². The van der Waals surface area contributed by atoms with E-state index in [9.17, 15) is 10.2 Å². The summed E-state index contributed by atoms with van der Waals surface area (Å²) in [5.74, 6) is 0.140. The van der Waals surface area contributed by atoms with Gasteiger partial charge in [0.15, 0.2) is 0 Å². The first-order chi connectivity index (χ1) is 14.2. The molecule has 0 unspecified atom stereocenters. The van der Waals surface area contributed by atoms with Crippen LogP contribution in [-0.2, 0) is 10.8 Å². The van der Waals surface area contributed by atoms with Gasteiger partial charge in [-0.15, -0.1) is 0 Å². The Morgan fingerprint density at radius 3 is 1.48 bits per heavy atom. The third kappa shape index (κ3) is 4.34. The number of rotatable bonds is 3. The summed E-state index contributed by atoms with van der Waals surface area (Å²) in [6.45, 7) is 18.7. The lowest BCUT2D eigenvalue weighted by Crippen LogP contribution is -2.16. The normalized spacial score (nSPS) is 12.6. The maximum absolute atomic E-state index is 11.4. The Hall–Kier alpha value is -2.75. The van der Waals surface area contributed by atoms with Crippen molar-refractivity contribution in [1.29, 1.82) is 0 Å². The summed E-state index contributed by atoms with van der Waals surface area (Å²) in [5.41, 5.74) is 6.73. The quantitative estimate of drug-likeness (QED) is 0.452. The van der Waals surface area contributed by atoms with E-state index in [4.69, 9.17) is 0 Å². The second-order valence-electron chi connectivity index (χ2n) is 10.8. The van der Waals surface area contributed by atoms with Crippen LogP contribution in [0.1, 0.15) is 92.2 Å². The molecule has 1 heterocycles. The van der Waals surface area contributed by atoms with Gasteiger partial charge in [-0.05, 0) is 42.7 Å². The zero-order valence-corrected chi connectivity index (χ0v) is 20.3. The minimum Gasteiger partial charge on any atom is -0.507 e. The fourth-order valence-electron chi connectivity index (χ4n) is 4.32. The lowest BCUT2D eigenvalue weighted by atomic mass is 9.77. The van der Waals surface area contributed by atoms with Crippen molar-refractivity contribution in [3.8, 4) is 11.5 Å². The molecule has 4 nitrogen and oxygen atoms in total. The van der Waals surface area contributed by atoms with Gasteiger partial charge in [0.2, 0.25) is 0 Å². The summed E-state index contributed by atoms with van der Waals surface area (Å²) in [5, 5.41) is 22.9. The fourth-order valence-corrected chi connectivity index (χ4v) is 4.32. The molecule has 0 bridgehead atoms. The molecule has 0 atom stereocenters. The van der Waals surface area contributed by atoms with Crippen LogP contribution in [0.3, 0.4) is 0 Å². The standard InChI is InChI=1S/C27H36N2O2/c1-15-10-18(24(30)20(12-15)26(4,5)6)22(23-17(3)28-14-29-23)19-11-16(2)13-21(25(19)31)27(7,8)9/h10-14,22,30-31H,1-9H3,(H,28,29). The van der Waals surface area contributed by atoms with Crippen LogP contribution in [0, 0.1) is 20.8 Å². The molecule has 3 aromatic rings. The Morgan fingerprint density at radius 2 is 1.16 bits per heavy atom. The first-order valence-corrected chi connectivity index (χ1v) is 10.9. The third-order valence-electron chi connectivity index (χ3n) is 5.95. The number of phenolic OH excluding ortho intramolecular Hbond substituents is 2. The van der Waals surface area contributed by atoms with Crippen LogP contribution in [0.4, 0.5) is 0 Å². The van der Waals surface area contributed by atoms with Crippen molar-refractivity contribution in [3.63, 3.8) is 0 Å². The Bertz CT molecular complexity index is 1040. The maximum Gasteiger partial charge on any atom is 0.123 e. The molecule has 31 heavy (non-hydrogen) atoms. The van der Waals surface area contributed by atoms with Crippen LogP contribution in [-0.4, -0.2) is 20.2 Å². The molecular formula is C27H36N2O2. The predicted octanol–water partition coefficient (Wildman–Crippen LogP) is 6.52. The van der Waals surface area contributed by atoms with Crippen LogP contribution >= 0.6 is 0 Å². The largest absolute Gasteiger partial charge is 0.507 e. The highest BCUT2D eigenvalue weighted by atomic mass is 16.3. The third-order valence-corrected chi connectivity index (χ3v) is 5.95. The van der Waals surface area contributed by atoms with E-state index in [0.717, 1.165) is 44.8 Å². The number of aromatic hydroxyl groups is 2. The van der Waals surface area contributed by atoms with Crippen LogP contribution in [0.15, 0.2) is 30.6 Å². The second-order valence-corrected chi connectivity index (χ2v) is 10.8. The lowest BCUT2D eigenvalue weighted by molar-refractivity contribution is 0.431. The van der Waals surface area contributed by atoms with Gasteiger partial charge in [0.1, 0.15) is 11.5 Å². The lowest BCUT2D eigenvalue weighted by Gasteiger charge is -2.28. The number of phenols is 2. The molecule has 0 radical (unpaired) electrons. The van der Waals surface area contributed by atoms with E-state index in [2.05, 4.69) is 51.5 Å². The van der Waals surface area contributed by atoms with Crippen molar-refractivity contribution in [1.82, 2.24) is 9.97 Å². The van der Waals surface area contributed by atoms with Crippen LogP contribution in [0.2, 0.25) is 0 Å². The molecule has 0 saturated carbocycles. The number of H-pyrrole nitrogens is 1. The van der Waals surface area contributed by atoms with Gasteiger partial charge in [-0.25, -0.2) is 4.98 Å². The molecular weight excluding hydrogens is 384 g/mol. The summed E-state index contributed by atoms with van der Waals surface area (Å²) >= 11 is 0. The molecule has 0 fully saturated rings. The predicted molar refractivity (Wildman–Crippen MR) is 127 cm³/mol.